The zero-order chi connectivity index (χ0) is 15.1. The molecule has 0 bridgehead atoms. The van der Waals surface area contributed by atoms with Gasteiger partial charge in [0.15, 0.2) is 6.10 Å². The first-order valence-electron chi connectivity index (χ1n) is 6.67. The maximum atomic E-state index is 11.9. The topological polar surface area (TPSA) is 75.6 Å². The fourth-order valence-corrected chi connectivity index (χ4v) is 1.70. The molecule has 2 unspecified atom stereocenters. The SMILES string of the molecule is CCC(CC(=O)O)NC(=O)C(C)Oc1ccc(C)cc1. The number of carboxylic acid groups (broad SMARTS) is 1. The van der Waals surface area contributed by atoms with E-state index in [1.165, 1.54) is 0 Å². The molecule has 110 valence electrons. The minimum absolute atomic E-state index is 0.0838. The molecule has 1 aromatic carbocycles. The molecule has 0 saturated heterocycles. The summed E-state index contributed by atoms with van der Waals surface area (Å²) >= 11 is 0. The molecule has 0 spiro atoms. The Morgan fingerprint density at radius 2 is 1.90 bits per heavy atom. The Morgan fingerprint density at radius 3 is 2.40 bits per heavy atom. The van der Waals surface area contributed by atoms with Gasteiger partial charge in [-0.2, -0.15) is 0 Å². The molecular formula is C15H21NO4. The number of hydrogen-bond donors (Lipinski definition) is 2. The van der Waals surface area contributed by atoms with E-state index in [0.29, 0.717) is 12.2 Å². The van der Waals surface area contributed by atoms with Crippen molar-refractivity contribution in [1.29, 1.82) is 0 Å². The highest BCUT2D eigenvalue weighted by Gasteiger charge is 2.19. The number of carbonyl (C=O) groups is 2. The summed E-state index contributed by atoms with van der Waals surface area (Å²) in [5, 5.41) is 11.4. The molecule has 20 heavy (non-hydrogen) atoms. The molecule has 0 heterocycles. The lowest BCUT2D eigenvalue weighted by molar-refractivity contribution is -0.138. The summed E-state index contributed by atoms with van der Waals surface area (Å²) in [4.78, 5) is 22.6. The van der Waals surface area contributed by atoms with Crippen LogP contribution in [0.4, 0.5) is 0 Å². The molecule has 0 aliphatic rings. The lowest BCUT2D eigenvalue weighted by Gasteiger charge is -2.19. The number of amides is 1. The molecule has 1 rings (SSSR count). The molecule has 0 aliphatic heterocycles. The predicted octanol–water partition coefficient (Wildman–Crippen LogP) is 2.13. The highest BCUT2D eigenvalue weighted by atomic mass is 16.5. The van der Waals surface area contributed by atoms with Crippen LogP contribution in [0.3, 0.4) is 0 Å². The van der Waals surface area contributed by atoms with Gasteiger partial charge in [-0.15, -0.1) is 0 Å². The van der Waals surface area contributed by atoms with Crippen molar-refractivity contribution in [2.45, 2.75) is 45.8 Å². The lowest BCUT2D eigenvalue weighted by atomic mass is 10.1. The molecular weight excluding hydrogens is 258 g/mol. The van der Waals surface area contributed by atoms with Crippen LogP contribution in [0.15, 0.2) is 24.3 Å². The normalized spacial score (nSPS) is 13.3. The fourth-order valence-electron chi connectivity index (χ4n) is 1.70. The van der Waals surface area contributed by atoms with Crippen LogP contribution < -0.4 is 10.1 Å². The van der Waals surface area contributed by atoms with Gasteiger partial charge in [-0.1, -0.05) is 24.6 Å². The molecule has 0 saturated carbocycles. The molecule has 0 fully saturated rings. The van der Waals surface area contributed by atoms with Crippen molar-refractivity contribution in [2.24, 2.45) is 0 Å². The number of nitrogens with one attached hydrogen (secondary N) is 1. The quantitative estimate of drug-likeness (QED) is 0.801. The van der Waals surface area contributed by atoms with Gasteiger partial charge in [0.2, 0.25) is 0 Å². The first-order valence-corrected chi connectivity index (χ1v) is 6.67. The fraction of sp³-hybridized carbons (Fsp3) is 0.467. The van der Waals surface area contributed by atoms with Crippen LogP contribution in [-0.2, 0) is 9.59 Å². The number of carbonyl (C=O) groups excluding carboxylic acids is 1. The average Bonchev–Trinajstić information content (AvgIpc) is 2.39. The first kappa shape index (κ1) is 16.0. The van der Waals surface area contributed by atoms with E-state index < -0.39 is 12.1 Å². The Morgan fingerprint density at radius 1 is 1.30 bits per heavy atom. The largest absolute Gasteiger partial charge is 0.481 e. The molecule has 0 aliphatic carbocycles. The third-order valence-electron chi connectivity index (χ3n) is 2.96. The number of carboxylic acids is 1. The predicted molar refractivity (Wildman–Crippen MR) is 75.7 cm³/mol. The maximum Gasteiger partial charge on any atom is 0.305 e. The van der Waals surface area contributed by atoms with Crippen molar-refractivity contribution in [3.63, 3.8) is 0 Å². The Kier molecular flexibility index (Phi) is 6.03. The van der Waals surface area contributed by atoms with E-state index >= 15 is 0 Å². The van der Waals surface area contributed by atoms with Gasteiger partial charge in [0.05, 0.1) is 6.42 Å². The zero-order valence-electron chi connectivity index (χ0n) is 12.1. The van der Waals surface area contributed by atoms with Crippen LogP contribution in [-0.4, -0.2) is 29.1 Å². The van der Waals surface area contributed by atoms with Crippen molar-refractivity contribution < 1.29 is 19.4 Å². The second-order valence-electron chi connectivity index (χ2n) is 4.78. The van der Waals surface area contributed by atoms with E-state index in [-0.39, 0.29) is 18.4 Å². The summed E-state index contributed by atoms with van der Waals surface area (Å²) in [6.07, 6.45) is -0.185. The van der Waals surface area contributed by atoms with Gasteiger partial charge in [0, 0.05) is 6.04 Å². The summed E-state index contributed by atoms with van der Waals surface area (Å²) in [5.74, 6) is -0.618. The molecule has 5 heteroatoms. The van der Waals surface area contributed by atoms with E-state index in [0.717, 1.165) is 5.56 Å². The van der Waals surface area contributed by atoms with Gasteiger partial charge in [-0.05, 0) is 32.4 Å². The van der Waals surface area contributed by atoms with Crippen molar-refractivity contribution in [3.8, 4) is 5.75 Å². The molecule has 1 aromatic rings. The molecule has 0 aromatic heterocycles. The van der Waals surface area contributed by atoms with E-state index in [9.17, 15) is 9.59 Å². The van der Waals surface area contributed by atoms with Gasteiger partial charge in [-0.3, -0.25) is 9.59 Å². The standard InChI is InChI=1S/C15H21NO4/c1-4-12(9-14(17)18)16-15(19)11(3)20-13-7-5-10(2)6-8-13/h5-8,11-12H,4,9H2,1-3H3,(H,16,19)(H,17,18). The number of rotatable bonds is 7. The highest BCUT2D eigenvalue weighted by molar-refractivity contribution is 5.81. The molecule has 1 amide bonds. The van der Waals surface area contributed by atoms with Gasteiger partial charge in [-0.25, -0.2) is 0 Å². The van der Waals surface area contributed by atoms with E-state index in [4.69, 9.17) is 9.84 Å². The van der Waals surface area contributed by atoms with Crippen LogP contribution in [0, 0.1) is 6.92 Å². The lowest BCUT2D eigenvalue weighted by Crippen LogP contribution is -2.43. The van der Waals surface area contributed by atoms with Crippen LogP contribution >= 0.6 is 0 Å². The van der Waals surface area contributed by atoms with E-state index in [1.807, 2.05) is 26.0 Å². The van der Waals surface area contributed by atoms with Crippen molar-refractivity contribution >= 4 is 11.9 Å². The van der Waals surface area contributed by atoms with Gasteiger partial charge in [0.25, 0.3) is 5.91 Å². The molecule has 5 nitrogen and oxygen atoms in total. The van der Waals surface area contributed by atoms with Gasteiger partial charge >= 0.3 is 5.97 Å². The highest BCUT2D eigenvalue weighted by Crippen LogP contribution is 2.13. The maximum absolute atomic E-state index is 11.9. The number of aliphatic carboxylic acids is 1. The molecule has 0 radical (unpaired) electrons. The summed E-state index contributed by atoms with van der Waals surface area (Å²) in [6, 6.07) is 7.03. The average molecular weight is 279 g/mol. The van der Waals surface area contributed by atoms with E-state index in [1.54, 1.807) is 19.1 Å². The minimum Gasteiger partial charge on any atom is -0.481 e. The summed E-state index contributed by atoms with van der Waals surface area (Å²) < 4.78 is 5.52. The molecule has 2 N–H and O–H groups in total. The van der Waals surface area contributed by atoms with Crippen LogP contribution in [0.5, 0.6) is 5.75 Å². The Bertz CT molecular complexity index is 455. The minimum atomic E-state index is -0.927. The summed E-state index contributed by atoms with van der Waals surface area (Å²) in [5.41, 5.74) is 1.11. The number of aryl methyl sites for hydroxylation is 1. The monoisotopic (exact) mass is 279 g/mol. The van der Waals surface area contributed by atoms with Crippen LogP contribution in [0.1, 0.15) is 32.3 Å². The number of ether oxygens (including phenoxy) is 1. The van der Waals surface area contributed by atoms with Crippen LogP contribution in [0.25, 0.3) is 0 Å². The van der Waals surface area contributed by atoms with Crippen molar-refractivity contribution in [1.82, 2.24) is 5.32 Å². The summed E-state index contributed by atoms with van der Waals surface area (Å²) in [6.45, 7) is 5.44. The Labute approximate surface area is 118 Å². The second-order valence-corrected chi connectivity index (χ2v) is 4.78. The van der Waals surface area contributed by atoms with Crippen LogP contribution in [0.2, 0.25) is 0 Å². The zero-order valence-corrected chi connectivity index (χ0v) is 12.1. The second kappa shape index (κ2) is 7.53. The third kappa shape index (κ3) is 5.30. The van der Waals surface area contributed by atoms with Gasteiger partial charge < -0.3 is 15.2 Å². The Hall–Kier alpha value is -2.04. The smallest absolute Gasteiger partial charge is 0.305 e. The molecule has 2 atom stereocenters. The number of hydrogen-bond acceptors (Lipinski definition) is 3. The summed E-state index contributed by atoms with van der Waals surface area (Å²) in [7, 11) is 0. The van der Waals surface area contributed by atoms with Crippen molar-refractivity contribution in [3.05, 3.63) is 29.8 Å². The third-order valence-corrected chi connectivity index (χ3v) is 2.96. The van der Waals surface area contributed by atoms with Crippen molar-refractivity contribution in [2.75, 3.05) is 0 Å². The first-order chi connectivity index (χ1) is 9.42. The number of benzene rings is 1. The van der Waals surface area contributed by atoms with Gasteiger partial charge in [0.1, 0.15) is 5.75 Å². The Balaban J connectivity index is 2.53. The van der Waals surface area contributed by atoms with E-state index in [2.05, 4.69) is 5.32 Å².